The number of halogens is 1. The van der Waals surface area contributed by atoms with Crippen LogP contribution in [0.3, 0.4) is 0 Å². The Morgan fingerprint density at radius 3 is 2.48 bits per heavy atom. The second-order valence-corrected chi connectivity index (χ2v) is 9.77. The van der Waals surface area contributed by atoms with Crippen LogP contribution in [0.1, 0.15) is 38.3 Å². The predicted octanol–water partition coefficient (Wildman–Crippen LogP) is 3.88. The summed E-state index contributed by atoms with van der Waals surface area (Å²) in [4.78, 5) is 13.1. The highest BCUT2D eigenvalue weighted by Crippen LogP contribution is 2.28. The maximum atomic E-state index is 13.0. The van der Waals surface area contributed by atoms with Crippen LogP contribution >= 0.6 is 15.9 Å². The molecule has 2 unspecified atom stereocenters. The average molecular weight is 481 g/mol. The van der Waals surface area contributed by atoms with E-state index in [9.17, 15) is 13.2 Å². The molecule has 29 heavy (non-hydrogen) atoms. The summed E-state index contributed by atoms with van der Waals surface area (Å²) >= 11 is 3.31. The zero-order valence-corrected chi connectivity index (χ0v) is 18.9. The monoisotopic (exact) mass is 480 g/mol. The number of sulfonamides is 1. The largest absolute Gasteiger partial charge is 0.494 e. The number of carbonyl (C=O) groups excluding carboxylic acids is 1. The second-order valence-electron chi connectivity index (χ2n) is 6.96. The summed E-state index contributed by atoms with van der Waals surface area (Å²) in [6, 6.07) is 13.1. The molecular weight excluding hydrogens is 456 g/mol. The van der Waals surface area contributed by atoms with Gasteiger partial charge in [-0.1, -0.05) is 28.1 Å². The van der Waals surface area contributed by atoms with Crippen LogP contribution in [0.2, 0.25) is 0 Å². The first-order valence-corrected chi connectivity index (χ1v) is 11.9. The van der Waals surface area contributed by atoms with Crippen LogP contribution < -0.4 is 10.1 Å². The molecule has 0 radical (unpaired) electrons. The van der Waals surface area contributed by atoms with Crippen molar-refractivity contribution in [1.29, 1.82) is 0 Å². The molecule has 6 nitrogen and oxygen atoms in total. The van der Waals surface area contributed by atoms with Crippen LogP contribution in [0.25, 0.3) is 0 Å². The molecule has 156 valence electrons. The standard InChI is InChI=1S/C21H25BrN2O4S/c1-3-28-18-10-6-16(7-11-18)15(2)23-21(25)20-5-4-14-24(20)29(26,27)19-12-8-17(22)9-13-19/h6-13,15,20H,3-5,14H2,1-2H3,(H,23,25). The smallest absolute Gasteiger partial charge is 0.243 e. The van der Waals surface area contributed by atoms with E-state index in [2.05, 4.69) is 21.2 Å². The normalized spacial score (nSPS) is 18.4. The third-order valence-electron chi connectivity index (χ3n) is 4.98. The maximum absolute atomic E-state index is 13.0. The van der Waals surface area contributed by atoms with Crippen molar-refractivity contribution < 1.29 is 17.9 Å². The van der Waals surface area contributed by atoms with Gasteiger partial charge in [0.25, 0.3) is 0 Å². The van der Waals surface area contributed by atoms with E-state index in [0.717, 1.165) is 15.8 Å². The van der Waals surface area contributed by atoms with Crippen LogP contribution in [0.15, 0.2) is 57.9 Å². The Morgan fingerprint density at radius 1 is 1.21 bits per heavy atom. The minimum Gasteiger partial charge on any atom is -0.494 e. The number of rotatable bonds is 7. The van der Waals surface area contributed by atoms with Gasteiger partial charge in [-0.05, 0) is 68.7 Å². The van der Waals surface area contributed by atoms with Gasteiger partial charge in [0.05, 0.1) is 17.5 Å². The third kappa shape index (κ3) is 4.99. The van der Waals surface area contributed by atoms with Gasteiger partial charge in [0.2, 0.25) is 15.9 Å². The predicted molar refractivity (Wildman–Crippen MR) is 115 cm³/mol. The van der Waals surface area contributed by atoms with Crippen molar-refractivity contribution in [3.63, 3.8) is 0 Å². The number of nitrogens with zero attached hydrogens (tertiary/aromatic N) is 1. The minimum atomic E-state index is -3.73. The number of nitrogens with one attached hydrogen (secondary N) is 1. The first-order valence-electron chi connectivity index (χ1n) is 9.63. The van der Waals surface area contributed by atoms with E-state index in [0.29, 0.717) is 26.0 Å². The summed E-state index contributed by atoms with van der Waals surface area (Å²) in [5, 5.41) is 2.96. The van der Waals surface area contributed by atoms with Crippen molar-refractivity contribution >= 4 is 31.9 Å². The molecule has 8 heteroatoms. The Kier molecular flexibility index (Phi) is 6.97. The average Bonchev–Trinajstić information content (AvgIpc) is 3.20. The Bertz CT molecular complexity index is 946. The zero-order chi connectivity index (χ0) is 21.0. The van der Waals surface area contributed by atoms with Crippen LogP contribution in [0.5, 0.6) is 5.75 Å². The van der Waals surface area contributed by atoms with Gasteiger partial charge >= 0.3 is 0 Å². The van der Waals surface area contributed by atoms with Crippen LogP contribution in [0, 0.1) is 0 Å². The van der Waals surface area contributed by atoms with Gasteiger partial charge in [0.15, 0.2) is 0 Å². The molecule has 1 aliphatic heterocycles. The minimum absolute atomic E-state index is 0.194. The van der Waals surface area contributed by atoms with Crippen molar-refractivity contribution in [3.8, 4) is 5.75 Å². The molecule has 3 rings (SSSR count). The van der Waals surface area contributed by atoms with Crippen LogP contribution in [-0.2, 0) is 14.8 Å². The van der Waals surface area contributed by atoms with Gasteiger partial charge in [0, 0.05) is 11.0 Å². The fourth-order valence-electron chi connectivity index (χ4n) is 3.44. The second kappa shape index (κ2) is 9.28. The van der Waals surface area contributed by atoms with Crippen molar-refractivity contribution in [2.45, 2.75) is 43.7 Å². The SMILES string of the molecule is CCOc1ccc(C(C)NC(=O)C2CCCN2S(=O)(=O)c2ccc(Br)cc2)cc1. The summed E-state index contributed by atoms with van der Waals surface area (Å²) in [7, 11) is -3.73. The van der Waals surface area contributed by atoms with Crippen molar-refractivity contribution in [2.24, 2.45) is 0 Å². The van der Waals surface area contributed by atoms with Crippen LogP contribution in [-0.4, -0.2) is 37.8 Å². The molecular formula is C21H25BrN2O4S. The van der Waals surface area contributed by atoms with Crippen molar-refractivity contribution in [3.05, 3.63) is 58.6 Å². The van der Waals surface area contributed by atoms with E-state index in [1.807, 2.05) is 38.1 Å². The lowest BCUT2D eigenvalue weighted by atomic mass is 10.1. The molecule has 0 spiro atoms. The van der Waals surface area contributed by atoms with Gasteiger partial charge < -0.3 is 10.1 Å². The Morgan fingerprint density at radius 2 is 1.86 bits per heavy atom. The number of hydrogen-bond donors (Lipinski definition) is 1. The van der Waals surface area contributed by atoms with Gasteiger partial charge in [-0.15, -0.1) is 0 Å². The fraction of sp³-hybridized carbons (Fsp3) is 0.381. The quantitative estimate of drug-likeness (QED) is 0.652. The Labute approximate surface area is 180 Å². The van der Waals surface area contributed by atoms with Gasteiger partial charge in [0.1, 0.15) is 11.8 Å². The number of hydrogen-bond acceptors (Lipinski definition) is 4. The Balaban J connectivity index is 1.71. The number of amides is 1. The van der Waals surface area contributed by atoms with E-state index >= 15 is 0 Å². The van der Waals surface area contributed by atoms with Crippen molar-refractivity contribution in [2.75, 3.05) is 13.2 Å². The Hall–Kier alpha value is -1.90. The highest BCUT2D eigenvalue weighted by molar-refractivity contribution is 9.10. The highest BCUT2D eigenvalue weighted by Gasteiger charge is 2.39. The van der Waals surface area contributed by atoms with E-state index in [1.54, 1.807) is 24.3 Å². The molecule has 0 aromatic heterocycles. The highest BCUT2D eigenvalue weighted by atomic mass is 79.9. The van der Waals surface area contributed by atoms with E-state index in [-0.39, 0.29) is 16.8 Å². The summed E-state index contributed by atoms with van der Waals surface area (Å²) in [6.45, 7) is 4.74. The van der Waals surface area contributed by atoms with Gasteiger partial charge in [-0.2, -0.15) is 4.31 Å². The molecule has 1 fully saturated rings. The molecule has 1 saturated heterocycles. The van der Waals surface area contributed by atoms with Crippen molar-refractivity contribution in [1.82, 2.24) is 9.62 Å². The lowest BCUT2D eigenvalue weighted by Gasteiger charge is -2.25. The molecule has 1 amide bonds. The maximum Gasteiger partial charge on any atom is 0.243 e. The molecule has 2 aromatic carbocycles. The number of carbonyl (C=O) groups is 1. The molecule has 0 saturated carbocycles. The molecule has 2 aromatic rings. The fourth-order valence-corrected chi connectivity index (χ4v) is 5.36. The molecule has 0 aliphatic carbocycles. The zero-order valence-electron chi connectivity index (χ0n) is 16.5. The van der Waals surface area contributed by atoms with E-state index in [1.165, 1.54) is 4.31 Å². The first-order chi connectivity index (χ1) is 13.8. The number of benzene rings is 2. The molecule has 1 aliphatic rings. The third-order valence-corrected chi connectivity index (χ3v) is 7.43. The van der Waals surface area contributed by atoms with Crippen LogP contribution in [0.4, 0.5) is 0 Å². The van der Waals surface area contributed by atoms with E-state index < -0.39 is 16.1 Å². The summed E-state index contributed by atoms with van der Waals surface area (Å²) in [5.74, 6) is 0.502. The molecule has 1 heterocycles. The number of ether oxygens (including phenoxy) is 1. The first kappa shape index (κ1) is 21.8. The molecule has 0 bridgehead atoms. The van der Waals surface area contributed by atoms with E-state index in [4.69, 9.17) is 4.74 Å². The summed E-state index contributed by atoms with van der Waals surface area (Å²) < 4.78 is 33.6. The molecule has 2 atom stereocenters. The van der Waals surface area contributed by atoms with Gasteiger partial charge in [-0.25, -0.2) is 8.42 Å². The van der Waals surface area contributed by atoms with Gasteiger partial charge in [-0.3, -0.25) is 4.79 Å². The lowest BCUT2D eigenvalue weighted by Crippen LogP contribution is -2.46. The summed E-state index contributed by atoms with van der Waals surface area (Å²) in [6.07, 6.45) is 1.17. The summed E-state index contributed by atoms with van der Waals surface area (Å²) in [5.41, 5.74) is 0.933. The topological polar surface area (TPSA) is 75.7 Å². The molecule has 1 N–H and O–H groups in total. The lowest BCUT2D eigenvalue weighted by molar-refractivity contribution is -0.124.